The van der Waals surface area contributed by atoms with Crippen molar-refractivity contribution < 1.29 is 14.7 Å². The van der Waals surface area contributed by atoms with Crippen LogP contribution in [0.3, 0.4) is 0 Å². The molecule has 1 aliphatic rings. The van der Waals surface area contributed by atoms with Crippen molar-refractivity contribution in [2.45, 2.75) is 31.1 Å². The summed E-state index contributed by atoms with van der Waals surface area (Å²) in [6.45, 7) is 0.706. The zero-order chi connectivity index (χ0) is 15.3. The first kappa shape index (κ1) is 15.8. The first-order valence-corrected chi connectivity index (χ1v) is 7.81. The highest BCUT2D eigenvalue weighted by Crippen LogP contribution is 2.45. The minimum Gasteiger partial charge on any atom is -0.481 e. The number of halogens is 1. The summed E-state index contributed by atoms with van der Waals surface area (Å²) in [6, 6.07) is 7.78. The van der Waals surface area contributed by atoms with Gasteiger partial charge in [-0.1, -0.05) is 40.5 Å². The third-order valence-electron chi connectivity index (χ3n) is 3.97. The predicted octanol–water partition coefficient (Wildman–Crippen LogP) is 2.64. The van der Waals surface area contributed by atoms with Gasteiger partial charge in [-0.3, -0.25) is 4.79 Å². The Morgan fingerprint density at radius 3 is 2.52 bits per heavy atom. The van der Waals surface area contributed by atoms with E-state index in [1.54, 1.807) is 0 Å². The van der Waals surface area contributed by atoms with Gasteiger partial charge in [-0.05, 0) is 24.5 Å². The molecule has 1 aromatic rings. The molecule has 3 N–H and O–H groups in total. The van der Waals surface area contributed by atoms with Crippen molar-refractivity contribution in [1.29, 1.82) is 0 Å². The molecule has 5 nitrogen and oxygen atoms in total. The monoisotopic (exact) mass is 354 g/mol. The maximum absolute atomic E-state index is 11.7. The number of nitrogens with one attached hydrogen (secondary N) is 2. The van der Waals surface area contributed by atoms with E-state index in [2.05, 4.69) is 32.6 Å². The van der Waals surface area contributed by atoms with Gasteiger partial charge in [0.25, 0.3) is 0 Å². The Morgan fingerprint density at radius 2 is 1.95 bits per heavy atom. The first-order chi connectivity index (χ1) is 10.0. The van der Waals surface area contributed by atoms with Crippen LogP contribution in [0.25, 0.3) is 0 Å². The van der Waals surface area contributed by atoms with Gasteiger partial charge in [0.1, 0.15) is 0 Å². The number of hydrogen-bond donors (Lipinski definition) is 3. The zero-order valence-corrected chi connectivity index (χ0v) is 13.3. The SMILES string of the molecule is O=C(O)CCNC(=O)NCC1(c2ccccc2Br)CCC1. The normalized spacial score (nSPS) is 15.9. The summed E-state index contributed by atoms with van der Waals surface area (Å²) in [6.07, 6.45) is 3.18. The lowest BCUT2D eigenvalue weighted by molar-refractivity contribution is -0.136. The highest BCUT2D eigenvalue weighted by atomic mass is 79.9. The number of benzene rings is 1. The second-order valence-corrected chi connectivity index (χ2v) is 6.22. The number of carbonyl (C=O) groups is 2. The molecule has 2 rings (SSSR count). The van der Waals surface area contributed by atoms with Gasteiger partial charge >= 0.3 is 12.0 Å². The number of amides is 2. The molecular formula is C15H19BrN2O3. The number of carboxylic acids is 1. The molecule has 1 aromatic carbocycles. The van der Waals surface area contributed by atoms with Crippen molar-refractivity contribution in [3.8, 4) is 0 Å². The molecule has 0 aromatic heterocycles. The summed E-state index contributed by atoms with van der Waals surface area (Å²) in [4.78, 5) is 22.1. The van der Waals surface area contributed by atoms with E-state index in [-0.39, 0.29) is 24.4 Å². The summed E-state index contributed by atoms with van der Waals surface area (Å²) in [5, 5.41) is 14.0. The quantitative estimate of drug-likeness (QED) is 0.734. The molecular weight excluding hydrogens is 336 g/mol. The number of carbonyl (C=O) groups excluding carboxylic acids is 1. The molecule has 0 spiro atoms. The van der Waals surface area contributed by atoms with Crippen LogP contribution in [0, 0.1) is 0 Å². The van der Waals surface area contributed by atoms with Crippen molar-refractivity contribution in [3.05, 3.63) is 34.3 Å². The fourth-order valence-electron chi connectivity index (χ4n) is 2.63. The molecule has 1 saturated carbocycles. The second kappa shape index (κ2) is 6.93. The topological polar surface area (TPSA) is 78.4 Å². The van der Waals surface area contributed by atoms with Crippen LogP contribution < -0.4 is 10.6 Å². The second-order valence-electron chi connectivity index (χ2n) is 5.37. The van der Waals surface area contributed by atoms with Crippen LogP contribution in [-0.4, -0.2) is 30.2 Å². The maximum atomic E-state index is 11.7. The van der Waals surface area contributed by atoms with Crippen molar-refractivity contribution in [1.82, 2.24) is 10.6 Å². The van der Waals surface area contributed by atoms with E-state index >= 15 is 0 Å². The Labute approximate surface area is 132 Å². The van der Waals surface area contributed by atoms with Gasteiger partial charge in [-0.2, -0.15) is 0 Å². The van der Waals surface area contributed by atoms with Crippen LogP contribution in [-0.2, 0) is 10.2 Å². The van der Waals surface area contributed by atoms with E-state index < -0.39 is 5.97 Å². The summed E-state index contributed by atoms with van der Waals surface area (Å²) < 4.78 is 1.07. The number of urea groups is 1. The molecule has 0 radical (unpaired) electrons. The van der Waals surface area contributed by atoms with E-state index in [1.165, 1.54) is 5.56 Å². The predicted molar refractivity (Wildman–Crippen MR) is 83.3 cm³/mol. The van der Waals surface area contributed by atoms with Gasteiger partial charge in [-0.15, -0.1) is 0 Å². The Hall–Kier alpha value is -1.56. The Balaban J connectivity index is 1.90. The fraction of sp³-hybridized carbons (Fsp3) is 0.467. The molecule has 114 valence electrons. The Morgan fingerprint density at radius 1 is 1.24 bits per heavy atom. The van der Waals surface area contributed by atoms with E-state index in [9.17, 15) is 9.59 Å². The van der Waals surface area contributed by atoms with Gasteiger partial charge < -0.3 is 15.7 Å². The summed E-state index contributed by atoms with van der Waals surface area (Å²) in [5.41, 5.74) is 1.21. The lowest BCUT2D eigenvalue weighted by Gasteiger charge is -2.43. The van der Waals surface area contributed by atoms with Gasteiger partial charge in [0.2, 0.25) is 0 Å². The molecule has 2 amide bonds. The van der Waals surface area contributed by atoms with Crippen molar-refractivity contribution in [2.75, 3.05) is 13.1 Å². The lowest BCUT2D eigenvalue weighted by atomic mass is 9.64. The third-order valence-corrected chi connectivity index (χ3v) is 4.66. The fourth-order valence-corrected chi connectivity index (χ4v) is 3.34. The van der Waals surface area contributed by atoms with Gasteiger partial charge in [0, 0.05) is 23.0 Å². The van der Waals surface area contributed by atoms with E-state index in [1.807, 2.05) is 18.2 Å². The molecule has 0 saturated heterocycles. The van der Waals surface area contributed by atoms with E-state index in [0.717, 1.165) is 23.7 Å². The minimum absolute atomic E-state index is 0.00969. The molecule has 1 fully saturated rings. The van der Waals surface area contributed by atoms with Crippen LogP contribution in [0.15, 0.2) is 28.7 Å². The van der Waals surface area contributed by atoms with E-state index in [4.69, 9.17) is 5.11 Å². The number of aliphatic carboxylic acids is 1. The maximum Gasteiger partial charge on any atom is 0.314 e. The van der Waals surface area contributed by atoms with Crippen molar-refractivity contribution in [2.24, 2.45) is 0 Å². The molecule has 0 unspecified atom stereocenters. The molecule has 0 aliphatic heterocycles. The number of rotatable bonds is 6. The van der Waals surface area contributed by atoms with Gasteiger partial charge in [0.15, 0.2) is 0 Å². The van der Waals surface area contributed by atoms with Crippen LogP contribution in [0.2, 0.25) is 0 Å². The largest absolute Gasteiger partial charge is 0.481 e. The van der Waals surface area contributed by atoms with E-state index in [0.29, 0.717) is 6.54 Å². The zero-order valence-electron chi connectivity index (χ0n) is 11.7. The minimum atomic E-state index is -0.918. The summed E-state index contributed by atoms with van der Waals surface area (Å²) in [5.74, 6) is -0.918. The van der Waals surface area contributed by atoms with Crippen molar-refractivity contribution >= 4 is 27.9 Å². The summed E-state index contributed by atoms with van der Waals surface area (Å²) >= 11 is 3.58. The molecule has 0 bridgehead atoms. The molecule has 0 atom stereocenters. The Kier molecular flexibility index (Phi) is 5.22. The van der Waals surface area contributed by atoms with Crippen molar-refractivity contribution in [3.63, 3.8) is 0 Å². The highest BCUT2D eigenvalue weighted by molar-refractivity contribution is 9.10. The van der Waals surface area contributed by atoms with Gasteiger partial charge in [-0.25, -0.2) is 4.79 Å². The smallest absolute Gasteiger partial charge is 0.314 e. The summed E-state index contributed by atoms with van der Waals surface area (Å²) in [7, 11) is 0. The highest BCUT2D eigenvalue weighted by Gasteiger charge is 2.39. The standard InChI is InChI=1S/C15H19BrN2O3/c16-12-5-2-1-4-11(12)15(7-3-8-15)10-18-14(21)17-9-6-13(19)20/h1-2,4-5H,3,6-10H2,(H,19,20)(H2,17,18,21). The number of hydrogen-bond acceptors (Lipinski definition) is 2. The lowest BCUT2D eigenvalue weighted by Crippen LogP contribution is -2.48. The average molecular weight is 355 g/mol. The average Bonchev–Trinajstić information content (AvgIpc) is 2.39. The van der Waals surface area contributed by atoms with Crippen LogP contribution >= 0.6 is 15.9 Å². The molecule has 1 aliphatic carbocycles. The van der Waals surface area contributed by atoms with Gasteiger partial charge in [0.05, 0.1) is 6.42 Å². The Bertz CT molecular complexity index is 529. The third kappa shape index (κ3) is 3.97. The first-order valence-electron chi connectivity index (χ1n) is 7.02. The number of carboxylic acid groups (broad SMARTS) is 1. The van der Waals surface area contributed by atoms with Crippen LogP contribution in [0.5, 0.6) is 0 Å². The molecule has 21 heavy (non-hydrogen) atoms. The molecule has 0 heterocycles. The van der Waals surface area contributed by atoms with Crippen LogP contribution in [0.1, 0.15) is 31.2 Å². The van der Waals surface area contributed by atoms with Crippen LogP contribution in [0.4, 0.5) is 4.79 Å². The molecule has 6 heteroatoms.